The summed E-state index contributed by atoms with van der Waals surface area (Å²) in [5.41, 5.74) is 1.43. The fourth-order valence-corrected chi connectivity index (χ4v) is 4.53. The van der Waals surface area contributed by atoms with Crippen molar-refractivity contribution in [3.05, 3.63) is 59.9 Å². The van der Waals surface area contributed by atoms with Gasteiger partial charge in [0.05, 0.1) is 18.6 Å². The SMILES string of the molecule is CC.CN(C)CCSSCn1cc(CNC(=O)c2cccc3ccccc23)nn1. The van der Waals surface area contributed by atoms with Crippen LogP contribution in [0.4, 0.5) is 0 Å². The van der Waals surface area contributed by atoms with Gasteiger partial charge in [-0.15, -0.1) is 5.10 Å². The van der Waals surface area contributed by atoms with Crippen LogP contribution in [-0.2, 0) is 12.4 Å². The van der Waals surface area contributed by atoms with E-state index in [0.29, 0.717) is 12.1 Å². The monoisotopic (exact) mass is 431 g/mol. The zero-order valence-electron chi connectivity index (χ0n) is 17.5. The van der Waals surface area contributed by atoms with Crippen LogP contribution in [0, 0.1) is 0 Å². The van der Waals surface area contributed by atoms with Crippen LogP contribution in [0.15, 0.2) is 48.7 Å². The smallest absolute Gasteiger partial charge is 0.252 e. The molecular weight excluding hydrogens is 402 g/mol. The summed E-state index contributed by atoms with van der Waals surface area (Å²) in [4.78, 5) is 14.7. The topological polar surface area (TPSA) is 63.0 Å². The van der Waals surface area contributed by atoms with E-state index in [1.54, 1.807) is 15.5 Å². The van der Waals surface area contributed by atoms with Gasteiger partial charge in [-0.1, -0.05) is 77.0 Å². The van der Waals surface area contributed by atoms with Gasteiger partial charge < -0.3 is 10.2 Å². The highest BCUT2D eigenvalue weighted by atomic mass is 33.1. The first-order valence-corrected chi connectivity index (χ1v) is 12.2. The number of carbonyl (C=O) groups excluding carboxylic acids is 1. The van der Waals surface area contributed by atoms with Crippen molar-refractivity contribution >= 4 is 38.3 Å². The second-order valence-electron chi connectivity index (χ2n) is 6.33. The van der Waals surface area contributed by atoms with Gasteiger partial charge in [0, 0.05) is 17.9 Å². The fraction of sp³-hybridized carbons (Fsp3) is 0.381. The van der Waals surface area contributed by atoms with Gasteiger partial charge in [0.2, 0.25) is 0 Å². The number of carbonyl (C=O) groups is 1. The molecule has 1 heterocycles. The van der Waals surface area contributed by atoms with Gasteiger partial charge in [-0.3, -0.25) is 4.79 Å². The van der Waals surface area contributed by atoms with E-state index in [1.165, 1.54) is 0 Å². The summed E-state index contributed by atoms with van der Waals surface area (Å²) in [6.45, 7) is 5.42. The van der Waals surface area contributed by atoms with E-state index in [-0.39, 0.29) is 5.91 Å². The minimum Gasteiger partial charge on any atom is -0.346 e. The Morgan fingerprint density at radius 3 is 2.66 bits per heavy atom. The number of rotatable bonds is 9. The van der Waals surface area contributed by atoms with Crippen LogP contribution in [0.25, 0.3) is 10.8 Å². The van der Waals surface area contributed by atoms with E-state index in [1.807, 2.05) is 73.3 Å². The Kier molecular flexibility index (Phi) is 10.0. The third kappa shape index (κ3) is 7.38. The summed E-state index contributed by atoms with van der Waals surface area (Å²) in [6.07, 6.45) is 1.88. The largest absolute Gasteiger partial charge is 0.346 e. The molecule has 6 nitrogen and oxygen atoms in total. The molecule has 1 aromatic heterocycles. The number of hydrogen-bond donors (Lipinski definition) is 1. The number of nitrogens with one attached hydrogen (secondary N) is 1. The molecule has 0 aliphatic heterocycles. The maximum atomic E-state index is 12.6. The van der Waals surface area contributed by atoms with Crippen molar-refractivity contribution in [1.29, 1.82) is 0 Å². The predicted octanol–water partition coefficient (Wildman–Crippen LogP) is 4.29. The first-order valence-electron chi connectivity index (χ1n) is 9.67. The third-order valence-electron chi connectivity index (χ3n) is 3.94. The normalized spacial score (nSPS) is 10.7. The summed E-state index contributed by atoms with van der Waals surface area (Å²) in [7, 11) is 7.71. The molecule has 8 heteroatoms. The standard InChI is InChI=1S/C19H23N5OS2.C2H6/c1-23(2)10-11-26-27-14-24-13-16(21-22-24)12-20-19(25)18-9-5-7-15-6-3-4-8-17(15)18;1-2/h3-9,13H,10-12,14H2,1-2H3,(H,20,25);1-2H3. The van der Waals surface area contributed by atoms with Gasteiger partial charge in [0.15, 0.2) is 0 Å². The number of aromatic nitrogens is 3. The first kappa shape index (κ1) is 23.3. The minimum absolute atomic E-state index is 0.102. The summed E-state index contributed by atoms with van der Waals surface area (Å²) in [5.74, 6) is 1.71. The molecule has 0 unspecified atom stereocenters. The summed E-state index contributed by atoms with van der Waals surface area (Å²) in [5, 5.41) is 13.2. The Bertz CT molecular complexity index is 892. The molecule has 3 rings (SSSR count). The van der Waals surface area contributed by atoms with Gasteiger partial charge in [0.1, 0.15) is 5.69 Å². The summed E-state index contributed by atoms with van der Waals surface area (Å²) < 4.78 is 1.80. The lowest BCUT2D eigenvalue weighted by Gasteiger charge is -2.07. The van der Waals surface area contributed by atoms with Gasteiger partial charge in [0.25, 0.3) is 5.91 Å². The van der Waals surface area contributed by atoms with Crippen molar-refractivity contribution in [2.75, 3.05) is 26.4 Å². The number of benzene rings is 2. The molecule has 0 saturated carbocycles. The van der Waals surface area contributed by atoms with Gasteiger partial charge in [-0.05, 0) is 30.9 Å². The van der Waals surface area contributed by atoms with E-state index in [2.05, 4.69) is 34.6 Å². The number of fused-ring (bicyclic) bond motifs is 1. The van der Waals surface area contributed by atoms with Crippen LogP contribution >= 0.6 is 21.6 Å². The highest BCUT2D eigenvalue weighted by Gasteiger charge is 2.10. The van der Waals surface area contributed by atoms with E-state index >= 15 is 0 Å². The van der Waals surface area contributed by atoms with Crippen LogP contribution in [0.3, 0.4) is 0 Å². The Labute approximate surface area is 180 Å². The van der Waals surface area contributed by atoms with Gasteiger partial charge in [-0.2, -0.15) is 0 Å². The second kappa shape index (κ2) is 12.5. The molecule has 29 heavy (non-hydrogen) atoms. The fourth-order valence-electron chi connectivity index (χ4n) is 2.54. The predicted molar refractivity (Wildman–Crippen MR) is 125 cm³/mol. The third-order valence-corrected chi connectivity index (χ3v) is 6.14. The minimum atomic E-state index is -0.102. The van der Waals surface area contributed by atoms with Crippen LogP contribution < -0.4 is 5.32 Å². The van der Waals surface area contributed by atoms with Crippen molar-refractivity contribution in [2.24, 2.45) is 0 Å². The Balaban J connectivity index is 0.00000145. The molecular formula is C21H29N5OS2. The Morgan fingerprint density at radius 1 is 1.10 bits per heavy atom. The van der Waals surface area contributed by atoms with Crippen molar-refractivity contribution in [3.63, 3.8) is 0 Å². The Morgan fingerprint density at radius 2 is 1.86 bits per heavy atom. The molecule has 156 valence electrons. The average molecular weight is 432 g/mol. The quantitative estimate of drug-likeness (QED) is 0.403. The molecule has 0 radical (unpaired) electrons. The maximum absolute atomic E-state index is 12.6. The van der Waals surface area contributed by atoms with Crippen molar-refractivity contribution in [1.82, 2.24) is 25.2 Å². The van der Waals surface area contributed by atoms with E-state index in [9.17, 15) is 4.79 Å². The number of hydrogen-bond acceptors (Lipinski definition) is 6. The average Bonchev–Trinajstić information content (AvgIpc) is 3.20. The molecule has 0 spiro atoms. The highest BCUT2D eigenvalue weighted by Crippen LogP contribution is 2.22. The van der Waals surface area contributed by atoms with Crippen LogP contribution in [-0.4, -0.2) is 52.2 Å². The molecule has 1 N–H and O–H groups in total. The summed E-state index contributed by atoms with van der Waals surface area (Å²) >= 11 is 0. The molecule has 1 amide bonds. The van der Waals surface area contributed by atoms with Crippen molar-refractivity contribution < 1.29 is 4.79 Å². The molecule has 0 aliphatic rings. The Hall–Kier alpha value is -2.03. The zero-order valence-corrected chi connectivity index (χ0v) is 19.1. The van der Waals surface area contributed by atoms with Crippen molar-refractivity contribution in [2.45, 2.75) is 26.3 Å². The lowest BCUT2D eigenvalue weighted by atomic mass is 10.0. The lowest BCUT2D eigenvalue weighted by molar-refractivity contribution is 0.0952. The number of amides is 1. The molecule has 0 saturated heterocycles. The highest BCUT2D eigenvalue weighted by molar-refractivity contribution is 8.76. The van der Waals surface area contributed by atoms with Gasteiger partial charge in [-0.25, -0.2) is 4.68 Å². The maximum Gasteiger partial charge on any atom is 0.252 e. The molecule has 2 aromatic carbocycles. The van der Waals surface area contributed by atoms with E-state index in [0.717, 1.165) is 34.6 Å². The zero-order chi connectivity index (χ0) is 21.1. The molecule has 3 aromatic rings. The second-order valence-corrected chi connectivity index (χ2v) is 8.88. The molecule has 0 aliphatic carbocycles. The number of nitrogens with zero attached hydrogens (tertiary/aromatic N) is 4. The molecule has 0 atom stereocenters. The van der Waals surface area contributed by atoms with E-state index in [4.69, 9.17) is 0 Å². The van der Waals surface area contributed by atoms with Crippen LogP contribution in [0.2, 0.25) is 0 Å². The van der Waals surface area contributed by atoms with Gasteiger partial charge >= 0.3 is 0 Å². The lowest BCUT2D eigenvalue weighted by Crippen LogP contribution is -2.23. The first-order chi connectivity index (χ1) is 14.1. The van der Waals surface area contributed by atoms with E-state index < -0.39 is 0 Å². The van der Waals surface area contributed by atoms with Crippen molar-refractivity contribution in [3.8, 4) is 0 Å². The van der Waals surface area contributed by atoms with Crippen LogP contribution in [0.5, 0.6) is 0 Å². The van der Waals surface area contributed by atoms with Crippen LogP contribution in [0.1, 0.15) is 29.9 Å². The molecule has 0 fully saturated rings. The summed E-state index contributed by atoms with van der Waals surface area (Å²) in [6, 6.07) is 13.6. The molecule has 0 bridgehead atoms.